The first-order valence-corrected chi connectivity index (χ1v) is 7.29. The van der Waals surface area contributed by atoms with Gasteiger partial charge in [0.05, 0.1) is 12.7 Å². The van der Waals surface area contributed by atoms with Crippen LogP contribution in [0, 0.1) is 6.92 Å². The number of aliphatic hydroxyl groups excluding tert-OH is 1. The van der Waals surface area contributed by atoms with Crippen LogP contribution < -0.4 is 10.3 Å². The minimum Gasteiger partial charge on any atom is -0.491 e. The zero-order valence-corrected chi connectivity index (χ0v) is 13.0. The Labute approximate surface area is 132 Å². The van der Waals surface area contributed by atoms with Crippen molar-refractivity contribution in [2.24, 2.45) is 7.05 Å². The smallest absolute Gasteiger partial charge is 0.264 e. The van der Waals surface area contributed by atoms with Crippen molar-refractivity contribution in [1.82, 2.24) is 19.3 Å². The van der Waals surface area contributed by atoms with Gasteiger partial charge in [0.15, 0.2) is 5.65 Å². The molecule has 23 heavy (non-hydrogen) atoms. The van der Waals surface area contributed by atoms with E-state index in [2.05, 4.69) is 10.1 Å². The summed E-state index contributed by atoms with van der Waals surface area (Å²) < 4.78 is 8.43. The van der Waals surface area contributed by atoms with Crippen molar-refractivity contribution in [3.05, 3.63) is 52.7 Å². The highest BCUT2D eigenvalue weighted by Gasteiger charge is 2.12. The minimum atomic E-state index is -0.815. The van der Waals surface area contributed by atoms with Crippen molar-refractivity contribution in [3.8, 4) is 5.75 Å². The highest BCUT2D eigenvalue weighted by atomic mass is 16.5. The molecule has 0 bridgehead atoms. The van der Waals surface area contributed by atoms with Crippen LogP contribution >= 0.6 is 0 Å². The van der Waals surface area contributed by atoms with Gasteiger partial charge in [0, 0.05) is 7.05 Å². The summed E-state index contributed by atoms with van der Waals surface area (Å²) in [4.78, 5) is 16.5. The monoisotopic (exact) mass is 314 g/mol. The third kappa shape index (κ3) is 3.24. The number of aliphatic hydroxyl groups is 1. The lowest BCUT2D eigenvalue weighted by atomic mass is 10.2. The molecule has 0 aliphatic rings. The van der Waals surface area contributed by atoms with E-state index in [0.717, 1.165) is 5.56 Å². The lowest BCUT2D eigenvalue weighted by molar-refractivity contribution is 0.0915. The second kappa shape index (κ2) is 6.21. The van der Waals surface area contributed by atoms with Gasteiger partial charge in [0.25, 0.3) is 5.56 Å². The van der Waals surface area contributed by atoms with Gasteiger partial charge >= 0.3 is 0 Å². The molecule has 120 valence electrons. The first-order chi connectivity index (χ1) is 11.0. The van der Waals surface area contributed by atoms with E-state index in [4.69, 9.17) is 4.74 Å². The Kier molecular flexibility index (Phi) is 4.12. The summed E-state index contributed by atoms with van der Waals surface area (Å²) in [5.74, 6) is 0.683. The second-order valence-corrected chi connectivity index (χ2v) is 5.49. The molecule has 0 saturated carbocycles. The molecule has 3 aromatic rings. The lowest BCUT2D eigenvalue weighted by Gasteiger charge is -2.13. The van der Waals surface area contributed by atoms with Gasteiger partial charge in [-0.1, -0.05) is 17.7 Å². The summed E-state index contributed by atoms with van der Waals surface area (Å²) in [7, 11) is 1.73. The standard InChI is InChI=1S/C16H18N4O3/c1-11-3-5-13(6-4-11)23-9-12(21)8-20-10-17-15-14(16(20)22)7-18-19(15)2/h3-7,10,12,21H,8-9H2,1-2H3. The number of rotatable bonds is 5. The van der Waals surface area contributed by atoms with Crippen molar-refractivity contribution < 1.29 is 9.84 Å². The van der Waals surface area contributed by atoms with Crippen LogP contribution in [0.25, 0.3) is 11.0 Å². The van der Waals surface area contributed by atoms with Crippen LogP contribution in [-0.2, 0) is 13.6 Å². The number of benzene rings is 1. The van der Waals surface area contributed by atoms with Crippen LogP contribution in [-0.4, -0.2) is 37.1 Å². The number of ether oxygens (including phenoxy) is 1. The van der Waals surface area contributed by atoms with Crippen molar-refractivity contribution in [2.75, 3.05) is 6.61 Å². The summed E-state index contributed by atoms with van der Waals surface area (Å²) in [6.07, 6.45) is 2.09. The van der Waals surface area contributed by atoms with E-state index < -0.39 is 6.10 Å². The number of fused-ring (bicyclic) bond motifs is 1. The quantitative estimate of drug-likeness (QED) is 0.756. The van der Waals surface area contributed by atoms with Crippen molar-refractivity contribution in [2.45, 2.75) is 19.6 Å². The molecule has 7 heteroatoms. The molecule has 0 amide bonds. The topological polar surface area (TPSA) is 82.2 Å². The second-order valence-electron chi connectivity index (χ2n) is 5.49. The molecule has 2 heterocycles. The Balaban J connectivity index is 1.68. The van der Waals surface area contributed by atoms with Crippen molar-refractivity contribution in [1.29, 1.82) is 0 Å². The van der Waals surface area contributed by atoms with Gasteiger partial charge in [0.1, 0.15) is 30.2 Å². The molecule has 2 aromatic heterocycles. The van der Waals surface area contributed by atoms with E-state index in [1.54, 1.807) is 7.05 Å². The van der Waals surface area contributed by atoms with E-state index in [-0.39, 0.29) is 18.7 Å². The largest absolute Gasteiger partial charge is 0.491 e. The molecule has 0 radical (unpaired) electrons. The summed E-state index contributed by atoms with van der Waals surface area (Å²) in [5, 5.41) is 14.5. The molecule has 1 atom stereocenters. The molecule has 1 N–H and O–H groups in total. The molecule has 0 aliphatic carbocycles. The van der Waals surface area contributed by atoms with Gasteiger partial charge < -0.3 is 9.84 Å². The molecule has 1 unspecified atom stereocenters. The molecule has 1 aromatic carbocycles. The Morgan fingerprint density at radius 3 is 2.78 bits per heavy atom. The maximum Gasteiger partial charge on any atom is 0.264 e. The van der Waals surface area contributed by atoms with Crippen LogP contribution in [0.5, 0.6) is 5.75 Å². The number of hydrogen-bond acceptors (Lipinski definition) is 5. The Hall–Kier alpha value is -2.67. The van der Waals surface area contributed by atoms with E-state index >= 15 is 0 Å². The molecular formula is C16H18N4O3. The third-order valence-corrected chi connectivity index (χ3v) is 3.59. The number of hydrogen-bond donors (Lipinski definition) is 1. The Morgan fingerprint density at radius 2 is 2.04 bits per heavy atom. The highest BCUT2D eigenvalue weighted by molar-refractivity contribution is 5.72. The summed E-state index contributed by atoms with van der Waals surface area (Å²) in [5.41, 5.74) is 1.44. The Morgan fingerprint density at radius 1 is 1.30 bits per heavy atom. The van der Waals surface area contributed by atoms with Crippen LogP contribution in [0.15, 0.2) is 41.6 Å². The third-order valence-electron chi connectivity index (χ3n) is 3.59. The molecule has 0 fully saturated rings. The number of aromatic nitrogens is 4. The number of nitrogens with zero attached hydrogens (tertiary/aromatic N) is 4. The number of aryl methyl sites for hydroxylation is 2. The SMILES string of the molecule is Cc1ccc(OCC(O)Cn2cnc3c(cnn3C)c2=O)cc1. The van der Waals surface area contributed by atoms with E-state index in [9.17, 15) is 9.90 Å². The zero-order valence-electron chi connectivity index (χ0n) is 13.0. The summed E-state index contributed by atoms with van der Waals surface area (Å²) in [6, 6.07) is 7.56. The molecular weight excluding hydrogens is 296 g/mol. The predicted molar refractivity (Wildman–Crippen MR) is 85.4 cm³/mol. The lowest BCUT2D eigenvalue weighted by Crippen LogP contribution is -2.30. The van der Waals surface area contributed by atoms with Crippen LogP contribution in [0.2, 0.25) is 0 Å². The van der Waals surface area contributed by atoms with E-state index in [1.807, 2.05) is 31.2 Å². The van der Waals surface area contributed by atoms with E-state index in [0.29, 0.717) is 16.8 Å². The van der Waals surface area contributed by atoms with Crippen LogP contribution in [0.1, 0.15) is 5.56 Å². The molecule has 3 rings (SSSR count). The van der Waals surface area contributed by atoms with Gasteiger partial charge in [-0.15, -0.1) is 0 Å². The first-order valence-electron chi connectivity index (χ1n) is 7.29. The summed E-state index contributed by atoms with van der Waals surface area (Å²) >= 11 is 0. The highest BCUT2D eigenvalue weighted by Crippen LogP contribution is 2.11. The maximum absolute atomic E-state index is 12.3. The van der Waals surface area contributed by atoms with Crippen molar-refractivity contribution >= 4 is 11.0 Å². The summed E-state index contributed by atoms with van der Waals surface area (Å²) in [6.45, 7) is 2.20. The average Bonchev–Trinajstić information content (AvgIpc) is 2.92. The van der Waals surface area contributed by atoms with Gasteiger partial charge in [-0.05, 0) is 19.1 Å². The molecule has 0 saturated heterocycles. The Bertz CT molecular complexity index is 867. The zero-order chi connectivity index (χ0) is 16.4. The molecule has 0 aliphatic heterocycles. The van der Waals surface area contributed by atoms with Crippen LogP contribution in [0.3, 0.4) is 0 Å². The van der Waals surface area contributed by atoms with Gasteiger partial charge in [-0.25, -0.2) is 4.98 Å². The predicted octanol–water partition coefficient (Wildman–Crippen LogP) is 0.878. The van der Waals surface area contributed by atoms with Gasteiger partial charge in [0.2, 0.25) is 0 Å². The normalized spacial score (nSPS) is 12.5. The average molecular weight is 314 g/mol. The van der Waals surface area contributed by atoms with Crippen molar-refractivity contribution in [3.63, 3.8) is 0 Å². The minimum absolute atomic E-state index is 0.0978. The fourth-order valence-corrected chi connectivity index (χ4v) is 2.30. The van der Waals surface area contributed by atoms with Crippen LogP contribution in [0.4, 0.5) is 0 Å². The van der Waals surface area contributed by atoms with Gasteiger partial charge in [-0.2, -0.15) is 5.10 Å². The fraction of sp³-hybridized carbons (Fsp3) is 0.312. The van der Waals surface area contributed by atoms with E-state index in [1.165, 1.54) is 21.8 Å². The maximum atomic E-state index is 12.3. The molecule has 7 nitrogen and oxygen atoms in total. The molecule has 0 spiro atoms. The first kappa shape index (κ1) is 15.2. The van der Waals surface area contributed by atoms with Gasteiger partial charge in [-0.3, -0.25) is 14.0 Å². The fourth-order valence-electron chi connectivity index (χ4n) is 2.30.